The predicted molar refractivity (Wildman–Crippen MR) is 67.8 cm³/mol. The molecule has 1 aliphatic rings. The van der Waals surface area contributed by atoms with Crippen molar-refractivity contribution in [1.29, 1.82) is 0 Å². The van der Waals surface area contributed by atoms with E-state index in [1.54, 1.807) is 0 Å². The van der Waals surface area contributed by atoms with Crippen molar-refractivity contribution in [2.45, 2.75) is 46.0 Å². The van der Waals surface area contributed by atoms with Crippen molar-refractivity contribution < 1.29 is 4.48 Å². The molecule has 1 unspecified atom stereocenters. The van der Waals surface area contributed by atoms with Crippen molar-refractivity contribution in [2.75, 3.05) is 27.7 Å². The summed E-state index contributed by atoms with van der Waals surface area (Å²) in [7, 11) is 6.96. The molecular weight excluding hydrogens is 182 g/mol. The van der Waals surface area contributed by atoms with Gasteiger partial charge in [0.1, 0.15) is 0 Å². The molecular formula is C14H30N+. The molecule has 1 nitrogen and oxygen atoms in total. The third-order valence-electron chi connectivity index (χ3n) is 4.15. The third kappa shape index (κ3) is 4.55. The van der Waals surface area contributed by atoms with Gasteiger partial charge in [-0.05, 0) is 37.5 Å². The van der Waals surface area contributed by atoms with E-state index in [-0.39, 0.29) is 0 Å². The fourth-order valence-corrected chi connectivity index (χ4v) is 3.05. The maximum atomic E-state index is 2.44. The van der Waals surface area contributed by atoms with Crippen LogP contribution in [0, 0.1) is 17.8 Å². The van der Waals surface area contributed by atoms with Crippen molar-refractivity contribution in [3.05, 3.63) is 0 Å². The second-order valence-electron chi connectivity index (χ2n) is 6.64. The van der Waals surface area contributed by atoms with E-state index in [1.165, 1.54) is 38.6 Å². The molecule has 0 heterocycles. The van der Waals surface area contributed by atoms with Crippen LogP contribution < -0.4 is 0 Å². The first-order valence-corrected chi connectivity index (χ1v) is 6.73. The number of rotatable bonds is 4. The monoisotopic (exact) mass is 212 g/mol. The lowest BCUT2D eigenvalue weighted by atomic mass is 9.75. The first-order valence-electron chi connectivity index (χ1n) is 6.73. The normalized spacial score (nSPS) is 30.2. The van der Waals surface area contributed by atoms with Gasteiger partial charge in [0.05, 0.1) is 27.7 Å². The summed E-state index contributed by atoms with van der Waals surface area (Å²) in [5, 5.41) is 0. The maximum absolute atomic E-state index is 2.44. The first-order chi connectivity index (χ1) is 6.92. The van der Waals surface area contributed by atoms with Gasteiger partial charge in [-0.3, -0.25) is 0 Å². The molecule has 0 amide bonds. The molecule has 0 aliphatic heterocycles. The Morgan fingerprint density at radius 2 is 1.60 bits per heavy atom. The van der Waals surface area contributed by atoms with E-state index >= 15 is 0 Å². The Balaban J connectivity index is 2.30. The number of quaternary nitrogens is 1. The quantitative estimate of drug-likeness (QED) is 0.625. The minimum absolute atomic E-state index is 0.954. The Morgan fingerprint density at radius 3 is 2.00 bits per heavy atom. The number of hydrogen-bond acceptors (Lipinski definition) is 0. The molecule has 1 saturated carbocycles. The molecule has 0 aromatic carbocycles. The van der Waals surface area contributed by atoms with Crippen LogP contribution in [-0.4, -0.2) is 32.2 Å². The minimum atomic E-state index is 0.954. The zero-order valence-corrected chi connectivity index (χ0v) is 11.4. The maximum Gasteiger partial charge on any atom is 0.0809 e. The summed E-state index contributed by atoms with van der Waals surface area (Å²) in [6.45, 7) is 6.14. The lowest BCUT2D eigenvalue weighted by molar-refractivity contribution is -0.874. The second kappa shape index (κ2) is 5.34. The Labute approximate surface area is 96.4 Å². The van der Waals surface area contributed by atoms with Crippen LogP contribution in [0.15, 0.2) is 0 Å². The van der Waals surface area contributed by atoms with Crippen molar-refractivity contribution in [3.8, 4) is 0 Å². The van der Waals surface area contributed by atoms with Crippen molar-refractivity contribution in [3.63, 3.8) is 0 Å². The molecule has 15 heavy (non-hydrogen) atoms. The van der Waals surface area contributed by atoms with E-state index in [2.05, 4.69) is 35.0 Å². The van der Waals surface area contributed by atoms with Gasteiger partial charge in [-0.2, -0.15) is 0 Å². The van der Waals surface area contributed by atoms with Gasteiger partial charge in [0, 0.05) is 5.92 Å². The average molecular weight is 212 g/mol. The summed E-state index contributed by atoms with van der Waals surface area (Å²) >= 11 is 0. The van der Waals surface area contributed by atoms with Gasteiger partial charge < -0.3 is 4.48 Å². The Kier molecular flexibility index (Phi) is 4.64. The SMILES string of the molecule is CCC(C)C1CCC(C[N+](C)(C)C)CC1. The highest BCUT2D eigenvalue weighted by Crippen LogP contribution is 2.35. The van der Waals surface area contributed by atoms with Gasteiger partial charge in [0.25, 0.3) is 0 Å². The summed E-state index contributed by atoms with van der Waals surface area (Å²) in [6.07, 6.45) is 7.29. The van der Waals surface area contributed by atoms with E-state index < -0.39 is 0 Å². The lowest BCUT2D eigenvalue weighted by Crippen LogP contribution is -2.40. The van der Waals surface area contributed by atoms with Gasteiger partial charge >= 0.3 is 0 Å². The zero-order chi connectivity index (χ0) is 11.5. The number of nitrogens with zero attached hydrogens (tertiary/aromatic N) is 1. The van der Waals surface area contributed by atoms with E-state index in [0.717, 1.165) is 22.2 Å². The van der Waals surface area contributed by atoms with Crippen LogP contribution in [0.4, 0.5) is 0 Å². The Hall–Kier alpha value is -0.0400. The number of hydrogen-bond donors (Lipinski definition) is 0. The van der Waals surface area contributed by atoms with Crippen LogP contribution >= 0.6 is 0 Å². The predicted octanol–water partition coefficient (Wildman–Crippen LogP) is 3.55. The van der Waals surface area contributed by atoms with Crippen LogP contribution in [0.3, 0.4) is 0 Å². The van der Waals surface area contributed by atoms with Crippen molar-refractivity contribution >= 4 is 0 Å². The molecule has 1 fully saturated rings. The van der Waals surface area contributed by atoms with Crippen LogP contribution in [-0.2, 0) is 0 Å². The zero-order valence-electron chi connectivity index (χ0n) is 11.4. The summed E-state index contributed by atoms with van der Waals surface area (Å²) < 4.78 is 1.14. The third-order valence-corrected chi connectivity index (χ3v) is 4.15. The molecule has 1 heteroatoms. The second-order valence-corrected chi connectivity index (χ2v) is 6.64. The highest BCUT2D eigenvalue weighted by atomic mass is 15.3. The highest BCUT2D eigenvalue weighted by molar-refractivity contribution is 4.75. The van der Waals surface area contributed by atoms with Crippen LogP contribution in [0.25, 0.3) is 0 Å². The molecule has 0 saturated heterocycles. The van der Waals surface area contributed by atoms with Gasteiger partial charge in [-0.15, -0.1) is 0 Å². The first kappa shape index (κ1) is 13.0. The Bertz CT molecular complexity index is 172. The van der Waals surface area contributed by atoms with Gasteiger partial charge in [-0.25, -0.2) is 0 Å². The van der Waals surface area contributed by atoms with Gasteiger partial charge in [0.15, 0.2) is 0 Å². The molecule has 0 spiro atoms. The van der Waals surface area contributed by atoms with Crippen LogP contribution in [0.5, 0.6) is 0 Å². The van der Waals surface area contributed by atoms with E-state index in [9.17, 15) is 0 Å². The summed E-state index contributed by atoms with van der Waals surface area (Å²) in [5.41, 5.74) is 0. The molecule has 0 N–H and O–H groups in total. The lowest BCUT2D eigenvalue weighted by Gasteiger charge is -2.35. The standard InChI is InChI=1S/C14H30N/c1-6-12(2)14-9-7-13(8-10-14)11-15(3,4)5/h12-14H,6-11H2,1-5H3/q+1. The summed E-state index contributed by atoms with van der Waals surface area (Å²) in [4.78, 5) is 0. The molecule has 0 bridgehead atoms. The molecule has 0 aromatic heterocycles. The van der Waals surface area contributed by atoms with Crippen LogP contribution in [0.2, 0.25) is 0 Å². The largest absolute Gasteiger partial charge is 0.331 e. The van der Waals surface area contributed by atoms with E-state index in [0.29, 0.717) is 0 Å². The highest BCUT2D eigenvalue weighted by Gasteiger charge is 2.27. The molecule has 1 atom stereocenters. The summed E-state index contributed by atoms with van der Waals surface area (Å²) in [6, 6.07) is 0. The smallest absolute Gasteiger partial charge is 0.0809 e. The fourth-order valence-electron chi connectivity index (χ4n) is 3.05. The van der Waals surface area contributed by atoms with E-state index in [4.69, 9.17) is 0 Å². The van der Waals surface area contributed by atoms with Crippen LogP contribution in [0.1, 0.15) is 46.0 Å². The van der Waals surface area contributed by atoms with Gasteiger partial charge in [0.2, 0.25) is 0 Å². The van der Waals surface area contributed by atoms with Crippen molar-refractivity contribution in [1.82, 2.24) is 0 Å². The minimum Gasteiger partial charge on any atom is -0.331 e. The molecule has 1 aliphatic carbocycles. The van der Waals surface area contributed by atoms with Crippen molar-refractivity contribution in [2.24, 2.45) is 17.8 Å². The topological polar surface area (TPSA) is 0 Å². The Morgan fingerprint density at radius 1 is 1.07 bits per heavy atom. The molecule has 0 aromatic rings. The molecule has 1 rings (SSSR count). The summed E-state index contributed by atoms with van der Waals surface area (Å²) in [5.74, 6) is 2.97. The van der Waals surface area contributed by atoms with E-state index in [1.807, 2.05) is 0 Å². The molecule has 0 radical (unpaired) electrons. The average Bonchev–Trinajstić information content (AvgIpc) is 2.15. The molecule has 90 valence electrons. The van der Waals surface area contributed by atoms with Gasteiger partial charge in [-0.1, -0.05) is 20.3 Å². The fraction of sp³-hybridized carbons (Fsp3) is 1.00.